The van der Waals surface area contributed by atoms with Gasteiger partial charge >= 0.3 is 0 Å². The molecule has 5 nitrogen and oxygen atoms in total. The van der Waals surface area contributed by atoms with Gasteiger partial charge in [-0.3, -0.25) is 4.99 Å². The van der Waals surface area contributed by atoms with E-state index >= 15 is 0 Å². The number of ether oxygens (including phenoxy) is 2. The third-order valence-electron chi connectivity index (χ3n) is 3.02. The van der Waals surface area contributed by atoms with E-state index in [0.29, 0.717) is 5.92 Å². The Balaban J connectivity index is 1.91. The van der Waals surface area contributed by atoms with Crippen molar-refractivity contribution in [2.45, 2.75) is 26.2 Å². The molecule has 0 aromatic heterocycles. The van der Waals surface area contributed by atoms with Crippen molar-refractivity contribution in [1.82, 2.24) is 10.6 Å². The standard InChI is InChI=1S/C13H27N3O2/c1-3-15-13(14-2)16-7-4-8-18-11-12-5-9-17-10-6-12/h12H,3-11H2,1-2H3,(H2,14,15,16). The molecular formula is C13H27N3O2. The van der Waals surface area contributed by atoms with Gasteiger partial charge in [0.2, 0.25) is 0 Å². The van der Waals surface area contributed by atoms with Gasteiger partial charge in [0.15, 0.2) is 5.96 Å². The molecule has 0 atom stereocenters. The predicted molar refractivity (Wildman–Crippen MR) is 74.0 cm³/mol. The summed E-state index contributed by atoms with van der Waals surface area (Å²) >= 11 is 0. The maximum atomic E-state index is 5.69. The van der Waals surface area contributed by atoms with Crippen LogP contribution in [0.3, 0.4) is 0 Å². The van der Waals surface area contributed by atoms with Crippen LogP contribution in [0.15, 0.2) is 4.99 Å². The van der Waals surface area contributed by atoms with Crippen molar-refractivity contribution < 1.29 is 9.47 Å². The summed E-state index contributed by atoms with van der Waals surface area (Å²) in [4.78, 5) is 4.11. The van der Waals surface area contributed by atoms with Crippen LogP contribution < -0.4 is 10.6 Å². The van der Waals surface area contributed by atoms with E-state index in [1.807, 2.05) is 0 Å². The molecule has 1 aliphatic rings. The second-order valence-corrected chi connectivity index (χ2v) is 4.51. The molecule has 1 fully saturated rings. The quantitative estimate of drug-likeness (QED) is 0.406. The summed E-state index contributed by atoms with van der Waals surface area (Å²) in [6, 6.07) is 0. The zero-order chi connectivity index (χ0) is 13.1. The number of rotatable bonds is 7. The van der Waals surface area contributed by atoms with Crippen molar-refractivity contribution in [2.24, 2.45) is 10.9 Å². The largest absolute Gasteiger partial charge is 0.381 e. The summed E-state index contributed by atoms with van der Waals surface area (Å²) in [7, 11) is 1.78. The fourth-order valence-corrected chi connectivity index (χ4v) is 1.93. The van der Waals surface area contributed by atoms with Gasteiger partial charge < -0.3 is 20.1 Å². The first-order valence-electron chi connectivity index (χ1n) is 6.96. The highest BCUT2D eigenvalue weighted by molar-refractivity contribution is 5.79. The molecular weight excluding hydrogens is 230 g/mol. The van der Waals surface area contributed by atoms with Gasteiger partial charge in [-0.1, -0.05) is 0 Å². The Morgan fingerprint density at radius 1 is 1.33 bits per heavy atom. The number of hydrogen-bond acceptors (Lipinski definition) is 3. The van der Waals surface area contributed by atoms with Gasteiger partial charge in [0, 0.05) is 46.6 Å². The first-order chi connectivity index (χ1) is 8.86. The van der Waals surface area contributed by atoms with Crippen molar-refractivity contribution in [1.29, 1.82) is 0 Å². The van der Waals surface area contributed by atoms with E-state index in [0.717, 1.165) is 64.7 Å². The predicted octanol–water partition coefficient (Wildman–Crippen LogP) is 1.00. The number of aliphatic imine (C=N–C) groups is 1. The Labute approximate surface area is 110 Å². The van der Waals surface area contributed by atoms with Gasteiger partial charge in [0.05, 0.1) is 0 Å². The Bertz CT molecular complexity index is 228. The Morgan fingerprint density at radius 2 is 2.11 bits per heavy atom. The summed E-state index contributed by atoms with van der Waals surface area (Å²) in [6.07, 6.45) is 3.30. The average Bonchev–Trinajstić information content (AvgIpc) is 2.42. The van der Waals surface area contributed by atoms with Crippen molar-refractivity contribution in [3.8, 4) is 0 Å². The molecule has 0 bridgehead atoms. The highest BCUT2D eigenvalue weighted by Crippen LogP contribution is 2.14. The van der Waals surface area contributed by atoms with Crippen LogP contribution in [0.1, 0.15) is 26.2 Å². The lowest BCUT2D eigenvalue weighted by Crippen LogP contribution is -2.37. The summed E-state index contributed by atoms with van der Waals surface area (Å²) in [6.45, 7) is 7.33. The molecule has 0 spiro atoms. The summed E-state index contributed by atoms with van der Waals surface area (Å²) in [5.74, 6) is 1.56. The van der Waals surface area contributed by atoms with Crippen LogP contribution in [0.5, 0.6) is 0 Å². The molecule has 0 amide bonds. The van der Waals surface area contributed by atoms with Crippen LogP contribution in [0.25, 0.3) is 0 Å². The van der Waals surface area contributed by atoms with Gasteiger partial charge in [-0.25, -0.2) is 0 Å². The lowest BCUT2D eigenvalue weighted by Gasteiger charge is -2.21. The van der Waals surface area contributed by atoms with E-state index < -0.39 is 0 Å². The maximum absolute atomic E-state index is 5.69. The Hall–Kier alpha value is -0.810. The fourth-order valence-electron chi connectivity index (χ4n) is 1.93. The first-order valence-corrected chi connectivity index (χ1v) is 6.96. The topological polar surface area (TPSA) is 54.9 Å². The van der Waals surface area contributed by atoms with Gasteiger partial charge in [-0.2, -0.15) is 0 Å². The molecule has 0 unspecified atom stereocenters. The molecule has 18 heavy (non-hydrogen) atoms. The first kappa shape index (κ1) is 15.2. The normalized spacial score (nSPS) is 17.8. The van der Waals surface area contributed by atoms with Gasteiger partial charge in [-0.05, 0) is 32.1 Å². The minimum atomic E-state index is 0.696. The molecule has 2 N–H and O–H groups in total. The van der Waals surface area contributed by atoms with E-state index in [2.05, 4.69) is 22.5 Å². The van der Waals surface area contributed by atoms with Crippen molar-refractivity contribution in [3.63, 3.8) is 0 Å². The molecule has 1 rings (SSSR count). The minimum Gasteiger partial charge on any atom is -0.381 e. The lowest BCUT2D eigenvalue weighted by molar-refractivity contribution is 0.0203. The molecule has 106 valence electrons. The fraction of sp³-hybridized carbons (Fsp3) is 0.923. The minimum absolute atomic E-state index is 0.696. The number of guanidine groups is 1. The molecule has 1 aliphatic heterocycles. The Morgan fingerprint density at radius 3 is 2.78 bits per heavy atom. The van der Waals surface area contributed by atoms with Gasteiger partial charge in [0.1, 0.15) is 0 Å². The van der Waals surface area contributed by atoms with Crippen LogP contribution >= 0.6 is 0 Å². The van der Waals surface area contributed by atoms with Crippen LogP contribution in [-0.2, 0) is 9.47 Å². The molecule has 5 heteroatoms. The zero-order valence-electron chi connectivity index (χ0n) is 11.7. The Kier molecular flexibility index (Phi) is 8.59. The number of nitrogens with one attached hydrogen (secondary N) is 2. The average molecular weight is 257 g/mol. The molecule has 1 heterocycles. The van der Waals surface area contributed by atoms with E-state index in [-0.39, 0.29) is 0 Å². The second kappa shape index (κ2) is 10.1. The molecule has 0 aliphatic carbocycles. The van der Waals surface area contributed by atoms with E-state index in [1.165, 1.54) is 0 Å². The van der Waals surface area contributed by atoms with Crippen LogP contribution in [0, 0.1) is 5.92 Å². The van der Waals surface area contributed by atoms with Crippen LogP contribution in [-0.4, -0.2) is 52.5 Å². The van der Waals surface area contributed by atoms with E-state index in [4.69, 9.17) is 9.47 Å². The summed E-state index contributed by atoms with van der Waals surface area (Å²) in [5.41, 5.74) is 0. The lowest BCUT2D eigenvalue weighted by atomic mass is 10.0. The molecule has 0 aromatic rings. The van der Waals surface area contributed by atoms with Crippen LogP contribution in [0.2, 0.25) is 0 Å². The zero-order valence-corrected chi connectivity index (χ0v) is 11.7. The highest BCUT2D eigenvalue weighted by Gasteiger charge is 2.13. The maximum Gasteiger partial charge on any atom is 0.190 e. The number of hydrogen-bond donors (Lipinski definition) is 2. The van der Waals surface area contributed by atoms with Gasteiger partial charge in [0.25, 0.3) is 0 Å². The van der Waals surface area contributed by atoms with Crippen molar-refractivity contribution in [3.05, 3.63) is 0 Å². The smallest absolute Gasteiger partial charge is 0.190 e. The van der Waals surface area contributed by atoms with E-state index in [9.17, 15) is 0 Å². The number of nitrogens with zero attached hydrogens (tertiary/aromatic N) is 1. The third kappa shape index (κ3) is 6.81. The molecule has 0 aromatic carbocycles. The van der Waals surface area contributed by atoms with Crippen molar-refractivity contribution >= 4 is 5.96 Å². The van der Waals surface area contributed by atoms with E-state index in [1.54, 1.807) is 7.05 Å². The molecule has 0 radical (unpaired) electrons. The monoisotopic (exact) mass is 257 g/mol. The molecule has 0 saturated carbocycles. The third-order valence-corrected chi connectivity index (χ3v) is 3.02. The summed E-state index contributed by atoms with van der Waals surface area (Å²) in [5, 5.41) is 6.41. The van der Waals surface area contributed by atoms with Gasteiger partial charge in [-0.15, -0.1) is 0 Å². The second-order valence-electron chi connectivity index (χ2n) is 4.51. The highest BCUT2D eigenvalue weighted by atomic mass is 16.5. The van der Waals surface area contributed by atoms with Crippen LogP contribution in [0.4, 0.5) is 0 Å². The van der Waals surface area contributed by atoms with Crippen molar-refractivity contribution in [2.75, 3.05) is 46.6 Å². The summed E-state index contributed by atoms with van der Waals surface area (Å²) < 4.78 is 11.0. The SMILES string of the molecule is CCNC(=NC)NCCCOCC1CCOCC1. The molecule has 1 saturated heterocycles.